The number of hydrogen-bond donors (Lipinski definition) is 1. The van der Waals surface area contributed by atoms with E-state index in [2.05, 4.69) is 10.5 Å². The fourth-order valence-corrected chi connectivity index (χ4v) is 2.04. The molecule has 2 aromatic carbocycles. The van der Waals surface area contributed by atoms with Crippen molar-refractivity contribution in [1.82, 2.24) is 5.43 Å². The van der Waals surface area contributed by atoms with E-state index in [1.54, 1.807) is 25.5 Å². The fourth-order valence-electron chi connectivity index (χ4n) is 1.72. The number of hydrazone groups is 1. The van der Waals surface area contributed by atoms with Crippen molar-refractivity contribution in [3.8, 4) is 5.75 Å². The lowest BCUT2D eigenvalue weighted by Gasteiger charge is -2.03. The first-order valence-electron chi connectivity index (χ1n) is 6.34. The number of aryl methyl sites for hydroxylation is 1. The molecule has 2 aromatic rings. The summed E-state index contributed by atoms with van der Waals surface area (Å²) < 4.78 is 5.06. The normalized spacial score (nSPS) is 10.6. The molecule has 0 bridgehead atoms. The van der Waals surface area contributed by atoms with E-state index in [9.17, 15) is 4.79 Å². The molecule has 0 heterocycles. The molecule has 108 valence electrons. The molecule has 0 saturated heterocycles. The fraction of sp³-hybridized carbons (Fsp3) is 0.125. The van der Waals surface area contributed by atoms with Crippen molar-refractivity contribution < 1.29 is 9.53 Å². The molecule has 0 aliphatic rings. The summed E-state index contributed by atoms with van der Waals surface area (Å²) in [6.45, 7) is 1.91. The first kappa shape index (κ1) is 15.1. The summed E-state index contributed by atoms with van der Waals surface area (Å²) >= 11 is 6.03. The summed E-state index contributed by atoms with van der Waals surface area (Å²) in [6.07, 6.45) is 1.55. The zero-order valence-corrected chi connectivity index (χ0v) is 12.5. The van der Waals surface area contributed by atoms with E-state index in [1.807, 2.05) is 37.3 Å². The van der Waals surface area contributed by atoms with Gasteiger partial charge in [-0.3, -0.25) is 4.79 Å². The number of rotatable bonds is 4. The molecule has 4 nitrogen and oxygen atoms in total. The summed E-state index contributed by atoms with van der Waals surface area (Å²) in [5, 5.41) is 4.32. The largest absolute Gasteiger partial charge is 0.497 e. The Hall–Kier alpha value is -2.33. The maximum Gasteiger partial charge on any atom is 0.272 e. The molecular formula is C16H15ClN2O2. The van der Waals surface area contributed by atoms with Gasteiger partial charge in [-0.25, -0.2) is 5.43 Å². The van der Waals surface area contributed by atoms with E-state index in [0.29, 0.717) is 10.6 Å². The van der Waals surface area contributed by atoms with Crippen LogP contribution in [-0.2, 0) is 0 Å². The molecule has 0 spiro atoms. The number of methoxy groups -OCH3 is 1. The average molecular weight is 303 g/mol. The van der Waals surface area contributed by atoms with Gasteiger partial charge in [-0.05, 0) is 54.4 Å². The Morgan fingerprint density at radius 3 is 2.57 bits per heavy atom. The Bertz CT molecular complexity index is 666. The van der Waals surface area contributed by atoms with Crippen molar-refractivity contribution >= 4 is 23.7 Å². The Labute approximate surface area is 128 Å². The maximum absolute atomic E-state index is 11.9. The maximum atomic E-state index is 11.9. The third kappa shape index (κ3) is 4.07. The second-order valence-corrected chi connectivity index (χ2v) is 4.86. The van der Waals surface area contributed by atoms with Crippen molar-refractivity contribution in [3.05, 3.63) is 64.2 Å². The van der Waals surface area contributed by atoms with Crippen molar-refractivity contribution in [2.24, 2.45) is 5.10 Å². The predicted molar refractivity (Wildman–Crippen MR) is 84.2 cm³/mol. The third-order valence-corrected chi connectivity index (χ3v) is 3.18. The van der Waals surface area contributed by atoms with Crippen LogP contribution in [0.15, 0.2) is 47.6 Å². The highest BCUT2D eigenvalue weighted by molar-refractivity contribution is 6.33. The van der Waals surface area contributed by atoms with Crippen LogP contribution in [0.4, 0.5) is 0 Å². The molecule has 5 heteroatoms. The molecule has 2 rings (SSSR count). The quantitative estimate of drug-likeness (QED) is 0.695. The molecule has 0 unspecified atom stereocenters. The van der Waals surface area contributed by atoms with Crippen LogP contribution in [0.5, 0.6) is 5.75 Å². The lowest BCUT2D eigenvalue weighted by Crippen LogP contribution is -2.18. The molecule has 0 aliphatic carbocycles. The number of benzene rings is 2. The smallest absolute Gasteiger partial charge is 0.272 e. The summed E-state index contributed by atoms with van der Waals surface area (Å²) in [5.74, 6) is 0.424. The van der Waals surface area contributed by atoms with Gasteiger partial charge in [-0.2, -0.15) is 5.10 Å². The number of carbonyl (C=O) groups is 1. The summed E-state index contributed by atoms with van der Waals surface area (Å²) in [6, 6.07) is 12.6. The lowest BCUT2D eigenvalue weighted by atomic mass is 10.1. The first-order valence-corrected chi connectivity index (χ1v) is 6.71. The van der Waals surface area contributed by atoms with Crippen LogP contribution in [0.3, 0.4) is 0 Å². The Morgan fingerprint density at radius 2 is 1.95 bits per heavy atom. The second-order valence-electron chi connectivity index (χ2n) is 4.46. The van der Waals surface area contributed by atoms with Gasteiger partial charge in [0, 0.05) is 0 Å². The minimum Gasteiger partial charge on any atom is -0.497 e. The molecule has 0 atom stereocenters. The number of carbonyl (C=O) groups excluding carboxylic acids is 1. The number of nitrogens with one attached hydrogen (secondary N) is 1. The minimum atomic E-state index is -0.343. The van der Waals surface area contributed by atoms with Gasteiger partial charge in [0.25, 0.3) is 5.91 Å². The topological polar surface area (TPSA) is 50.7 Å². The van der Waals surface area contributed by atoms with Crippen molar-refractivity contribution in [1.29, 1.82) is 0 Å². The predicted octanol–water partition coefficient (Wildman–Crippen LogP) is 3.42. The zero-order chi connectivity index (χ0) is 15.2. The van der Waals surface area contributed by atoms with Crippen LogP contribution < -0.4 is 10.2 Å². The van der Waals surface area contributed by atoms with Crippen molar-refractivity contribution in [3.63, 3.8) is 0 Å². The highest BCUT2D eigenvalue weighted by atomic mass is 35.5. The molecule has 1 amide bonds. The Morgan fingerprint density at radius 1 is 1.24 bits per heavy atom. The van der Waals surface area contributed by atoms with E-state index >= 15 is 0 Å². The summed E-state index contributed by atoms with van der Waals surface area (Å²) in [7, 11) is 1.61. The molecule has 0 aliphatic heterocycles. The molecule has 0 saturated carbocycles. The monoisotopic (exact) mass is 302 g/mol. The number of amides is 1. The van der Waals surface area contributed by atoms with Gasteiger partial charge in [-0.1, -0.05) is 17.7 Å². The lowest BCUT2D eigenvalue weighted by molar-refractivity contribution is 0.0955. The van der Waals surface area contributed by atoms with Gasteiger partial charge in [0.1, 0.15) is 5.75 Å². The SMILES string of the molecule is COc1ccc(C=NNC(=O)c2ccc(C)cc2Cl)cc1. The van der Waals surface area contributed by atoms with Gasteiger partial charge in [-0.15, -0.1) is 0 Å². The van der Waals surface area contributed by atoms with Gasteiger partial charge >= 0.3 is 0 Å². The van der Waals surface area contributed by atoms with E-state index in [4.69, 9.17) is 16.3 Å². The second kappa shape index (κ2) is 6.90. The molecule has 0 radical (unpaired) electrons. The van der Waals surface area contributed by atoms with E-state index < -0.39 is 0 Å². The molecular weight excluding hydrogens is 288 g/mol. The van der Waals surface area contributed by atoms with Crippen LogP contribution in [-0.4, -0.2) is 19.2 Å². The van der Waals surface area contributed by atoms with Gasteiger partial charge in [0.05, 0.1) is 23.9 Å². The Kier molecular flexibility index (Phi) is 4.95. The van der Waals surface area contributed by atoms with Crippen molar-refractivity contribution in [2.45, 2.75) is 6.92 Å². The van der Waals surface area contributed by atoms with Crippen LogP contribution in [0.1, 0.15) is 21.5 Å². The standard InChI is InChI=1S/C16H15ClN2O2/c1-11-3-8-14(15(17)9-11)16(20)19-18-10-12-4-6-13(21-2)7-5-12/h3-10H,1-2H3,(H,19,20). The zero-order valence-electron chi connectivity index (χ0n) is 11.8. The van der Waals surface area contributed by atoms with E-state index in [0.717, 1.165) is 16.9 Å². The van der Waals surface area contributed by atoms with Crippen molar-refractivity contribution in [2.75, 3.05) is 7.11 Å². The minimum absolute atomic E-state index is 0.343. The molecule has 0 aromatic heterocycles. The third-order valence-electron chi connectivity index (χ3n) is 2.86. The first-order chi connectivity index (χ1) is 10.1. The number of hydrogen-bond acceptors (Lipinski definition) is 3. The summed E-state index contributed by atoms with van der Waals surface area (Å²) in [5.41, 5.74) is 4.70. The molecule has 1 N–H and O–H groups in total. The van der Waals surface area contributed by atoms with Crippen LogP contribution in [0.2, 0.25) is 5.02 Å². The van der Waals surface area contributed by atoms with Gasteiger partial charge in [0.15, 0.2) is 0 Å². The molecule has 21 heavy (non-hydrogen) atoms. The van der Waals surface area contributed by atoms with Crippen LogP contribution >= 0.6 is 11.6 Å². The van der Waals surface area contributed by atoms with E-state index in [-0.39, 0.29) is 5.91 Å². The number of halogens is 1. The number of ether oxygens (including phenoxy) is 1. The highest BCUT2D eigenvalue weighted by Gasteiger charge is 2.08. The highest BCUT2D eigenvalue weighted by Crippen LogP contribution is 2.17. The average Bonchev–Trinajstić information content (AvgIpc) is 2.47. The van der Waals surface area contributed by atoms with Gasteiger partial charge in [0.2, 0.25) is 0 Å². The Balaban J connectivity index is 2.01. The van der Waals surface area contributed by atoms with Gasteiger partial charge < -0.3 is 4.74 Å². The van der Waals surface area contributed by atoms with E-state index in [1.165, 1.54) is 0 Å². The van der Waals surface area contributed by atoms with Crippen LogP contribution in [0.25, 0.3) is 0 Å². The van der Waals surface area contributed by atoms with Crippen LogP contribution in [0, 0.1) is 6.92 Å². The number of nitrogens with zero attached hydrogens (tertiary/aromatic N) is 1. The summed E-state index contributed by atoms with van der Waals surface area (Å²) in [4.78, 5) is 11.9. The molecule has 0 fully saturated rings.